The van der Waals surface area contributed by atoms with Gasteiger partial charge < -0.3 is 24.4 Å². The number of fused-ring (bicyclic) bond motifs is 1. The molecule has 4 amide bonds. The van der Waals surface area contributed by atoms with Gasteiger partial charge in [-0.2, -0.15) is 0 Å². The van der Waals surface area contributed by atoms with Crippen LogP contribution in [0.15, 0.2) is 30.9 Å². The van der Waals surface area contributed by atoms with E-state index in [1.54, 1.807) is 18.2 Å². The number of anilines is 1. The Balaban J connectivity index is 1.52. The molecular formula is C19H21N3O7. The molecule has 1 fully saturated rings. The van der Waals surface area contributed by atoms with E-state index in [1.165, 1.54) is 11.0 Å². The molecule has 0 aromatic heterocycles. The first kappa shape index (κ1) is 20.2. The van der Waals surface area contributed by atoms with Crippen molar-refractivity contribution in [2.75, 3.05) is 37.8 Å². The van der Waals surface area contributed by atoms with Crippen LogP contribution in [0.1, 0.15) is 6.42 Å². The number of ether oxygens (including phenoxy) is 3. The maximum atomic E-state index is 12.3. The molecule has 0 bridgehead atoms. The zero-order valence-corrected chi connectivity index (χ0v) is 15.6. The third-order valence-electron chi connectivity index (χ3n) is 4.30. The number of nitrogens with zero attached hydrogens (tertiary/aromatic N) is 1. The lowest BCUT2D eigenvalue weighted by atomic mass is 10.1. The fraction of sp³-hybridized carbons (Fsp3) is 0.368. The van der Waals surface area contributed by atoms with Gasteiger partial charge in [-0.15, -0.1) is 6.58 Å². The summed E-state index contributed by atoms with van der Waals surface area (Å²) in [6, 6.07) is 4.40. The maximum absolute atomic E-state index is 12.3. The van der Waals surface area contributed by atoms with Gasteiger partial charge in [0, 0.05) is 31.3 Å². The van der Waals surface area contributed by atoms with E-state index < -0.39 is 30.4 Å². The van der Waals surface area contributed by atoms with Crippen LogP contribution in [0, 0.1) is 5.92 Å². The molecule has 29 heavy (non-hydrogen) atoms. The third-order valence-corrected chi connectivity index (χ3v) is 4.30. The van der Waals surface area contributed by atoms with Gasteiger partial charge >= 0.3 is 12.0 Å². The van der Waals surface area contributed by atoms with Gasteiger partial charge in [-0.25, -0.2) is 4.79 Å². The predicted molar refractivity (Wildman–Crippen MR) is 101 cm³/mol. The van der Waals surface area contributed by atoms with E-state index in [0.717, 1.165) is 0 Å². The Morgan fingerprint density at radius 2 is 2.00 bits per heavy atom. The van der Waals surface area contributed by atoms with Crippen molar-refractivity contribution in [1.82, 2.24) is 10.6 Å². The van der Waals surface area contributed by atoms with E-state index in [1.807, 2.05) is 5.32 Å². The quantitative estimate of drug-likeness (QED) is 0.519. The van der Waals surface area contributed by atoms with E-state index >= 15 is 0 Å². The average Bonchev–Trinajstić information content (AvgIpc) is 3.11. The molecule has 0 spiro atoms. The molecule has 0 radical (unpaired) electrons. The molecule has 1 saturated heterocycles. The highest BCUT2D eigenvalue weighted by molar-refractivity contribution is 6.00. The summed E-state index contributed by atoms with van der Waals surface area (Å²) >= 11 is 0. The van der Waals surface area contributed by atoms with Crippen LogP contribution < -0.4 is 25.0 Å². The normalized spacial score (nSPS) is 17.4. The van der Waals surface area contributed by atoms with Gasteiger partial charge in [0.15, 0.2) is 18.1 Å². The van der Waals surface area contributed by atoms with E-state index in [2.05, 4.69) is 11.9 Å². The van der Waals surface area contributed by atoms with Gasteiger partial charge in [0.05, 0.1) is 5.92 Å². The lowest BCUT2D eigenvalue weighted by molar-refractivity contribution is -0.152. The molecule has 2 N–H and O–H groups in total. The summed E-state index contributed by atoms with van der Waals surface area (Å²) in [6.45, 7) is 4.02. The molecule has 0 aliphatic carbocycles. The second kappa shape index (κ2) is 9.09. The van der Waals surface area contributed by atoms with Crippen LogP contribution in [-0.2, 0) is 19.1 Å². The fourth-order valence-corrected chi connectivity index (χ4v) is 2.94. The van der Waals surface area contributed by atoms with Crippen LogP contribution in [0.4, 0.5) is 10.5 Å². The minimum atomic E-state index is -0.770. The number of carbonyl (C=O) groups excluding carboxylic acids is 4. The smallest absolute Gasteiger partial charge is 0.321 e. The molecular weight excluding hydrogens is 382 g/mol. The first-order valence-corrected chi connectivity index (χ1v) is 9.03. The van der Waals surface area contributed by atoms with E-state index in [0.29, 0.717) is 30.4 Å². The standard InChI is InChI=1S/C19H21N3O7/c1-2-5-20-19(26)21-16(23)11-29-18(25)12-8-17(24)22(10-12)13-3-4-14-15(9-13)28-7-6-27-14/h2-4,9,12H,1,5-8,10-11H2,(H2,20,21,23,26). The second-order valence-corrected chi connectivity index (χ2v) is 6.39. The van der Waals surface area contributed by atoms with E-state index in [-0.39, 0.29) is 25.4 Å². The van der Waals surface area contributed by atoms with Crippen molar-refractivity contribution in [2.45, 2.75) is 6.42 Å². The zero-order chi connectivity index (χ0) is 20.8. The maximum Gasteiger partial charge on any atom is 0.321 e. The Kier molecular flexibility index (Phi) is 6.32. The molecule has 154 valence electrons. The highest BCUT2D eigenvalue weighted by atomic mass is 16.6. The van der Waals surface area contributed by atoms with Gasteiger partial charge in [-0.3, -0.25) is 19.7 Å². The largest absolute Gasteiger partial charge is 0.486 e. The molecule has 1 aromatic carbocycles. The van der Waals surface area contributed by atoms with E-state index in [4.69, 9.17) is 14.2 Å². The molecule has 10 heteroatoms. The van der Waals surface area contributed by atoms with Crippen molar-refractivity contribution >= 4 is 29.5 Å². The Bertz CT molecular complexity index is 839. The van der Waals surface area contributed by atoms with Crippen LogP contribution >= 0.6 is 0 Å². The lowest BCUT2D eigenvalue weighted by Gasteiger charge is -2.22. The Morgan fingerprint density at radius 3 is 2.76 bits per heavy atom. The summed E-state index contributed by atoms with van der Waals surface area (Å²) in [5.74, 6) is -1.26. The van der Waals surface area contributed by atoms with Gasteiger partial charge in [0.2, 0.25) is 5.91 Å². The molecule has 2 aliphatic heterocycles. The van der Waals surface area contributed by atoms with E-state index in [9.17, 15) is 19.2 Å². The minimum Gasteiger partial charge on any atom is -0.486 e. The SMILES string of the molecule is C=CCNC(=O)NC(=O)COC(=O)C1CC(=O)N(c2ccc3c(c2)OCCO3)C1. The molecule has 1 atom stereocenters. The van der Waals surface area contributed by atoms with Crippen molar-refractivity contribution < 1.29 is 33.4 Å². The van der Waals surface area contributed by atoms with Crippen LogP contribution in [0.25, 0.3) is 0 Å². The molecule has 0 saturated carbocycles. The van der Waals surface area contributed by atoms with Crippen molar-refractivity contribution in [3.05, 3.63) is 30.9 Å². The zero-order valence-electron chi connectivity index (χ0n) is 15.6. The van der Waals surface area contributed by atoms with Crippen molar-refractivity contribution in [2.24, 2.45) is 5.92 Å². The fourth-order valence-electron chi connectivity index (χ4n) is 2.94. The number of esters is 1. The lowest BCUT2D eigenvalue weighted by Crippen LogP contribution is -2.41. The molecule has 10 nitrogen and oxygen atoms in total. The number of hydrogen-bond acceptors (Lipinski definition) is 7. The first-order chi connectivity index (χ1) is 14.0. The first-order valence-electron chi connectivity index (χ1n) is 9.03. The van der Waals surface area contributed by atoms with Crippen LogP contribution in [0.2, 0.25) is 0 Å². The second-order valence-electron chi connectivity index (χ2n) is 6.39. The average molecular weight is 403 g/mol. The summed E-state index contributed by atoms with van der Waals surface area (Å²) in [5, 5.41) is 4.37. The van der Waals surface area contributed by atoms with Crippen molar-refractivity contribution in [3.8, 4) is 11.5 Å². The summed E-state index contributed by atoms with van der Waals surface area (Å²) in [5.41, 5.74) is 0.589. The minimum absolute atomic E-state index is 0.0330. The number of urea groups is 1. The number of amides is 4. The summed E-state index contributed by atoms with van der Waals surface area (Å²) in [4.78, 5) is 49.0. The Hall–Kier alpha value is -3.56. The molecule has 2 aliphatic rings. The number of nitrogens with one attached hydrogen (secondary N) is 2. The number of benzene rings is 1. The van der Waals surface area contributed by atoms with Gasteiger partial charge in [0.1, 0.15) is 13.2 Å². The molecule has 1 aromatic rings. The highest BCUT2D eigenvalue weighted by Crippen LogP contribution is 2.36. The predicted octanol–water partition coefficient (Wildman–Crippen LogP) is 0.366. The number of imide groups is 1. The van der Waals surface area contributed by atoms with Crippen LogP contribution in [0.5, 0.6) is 11.5 Å². The molecule has 2 heterocycles. The Morgan fingerprint density at radius 1 is 1.24 bits per heavy atom. The van der Waals surface area contributed by atoms with Crippen LogP contribution in [0.3, 0.4) is 0 Å². The van der Waals surface area contributed by atoms with Gasteiger partial charge in [-0.1, -0.05) is 6.08 Å². The number of hydrogen-bond donors (Lipinski definition) is 2. The molecule has 3 rings (SSSR count). The van der Waals surface area contributed by atoms with Crippen molar-refractivity contribution in [3.63, 3.8) is 0 Å². The summed E-state index contributed by atoms with van der Waals surface area (Å²) in [7, 11) is 0. The monoisotopic (exact) mass is 403 g/mol. The highest BCUT2D eigenvalue weighted by Gasteiger charge is 2.36. The number of carbonyl (C=O) groups is 4. The third kappa shape index (κ3) is 5.03. The summed E-state index contributed by atoms with van der Waals surface area (Å²) < 4.78 is 15.9. The topological polar surface area (TPSA) is 123 Å². The van der Waals surface area contributed by atoms with Gasteiger partial charge in [-0.05, 0) is 12.1 Å². The summed E-state index contributed by atoms with van der Waals surface area (Å²) in [6.07, 6.45) is 1.42. The van der Waals surface area contributed by atoms with Crippen LogP contribution in [-0.4, -0.2) is 56.7 Å². The van der Waals surface area contributed by atoms with Gasteiger partial charge in [0.25, 0.3) is 5.91 Å². The number of rotatable bonds is 6. The van der Waals surface area contributed by atoms with Crippen molar-refractivity contribution in [1.29, 1.82) is 0 Å². The Labute approximate surface area is 166 Å². The molecule has 1 unspecified atom stereocenters.